The smallest absolute Gasteiger partial charge is 0.336 e. The van der Waals surface area contributed by atoms with E-state index in [0.29, 0.717) is 6.61 Å². The second-order valence-electron chi connectivity index (χ2n) is 6.86. The Hall–Kier alpha value is -2.75. The molecule has 134 valence electrons. The molecule has 26 heavy (non-hydrogen) atoms. The number of fused-ring (bicyclic) bond motifs is 2. The Labute approximate surface area is 154 Å². The molecule has 1 N–H and O–H groups in total. The number of carbonyl (C=O) groups is 1. The summed E-state index contributed by atoms with van der Waals surface area (Å²) in [5, 5.41) is 3.66. The van der Waals surface area contributed by atoms with Crippen LogP contribution in [0.5, 0.6) is 0 Å². The van der Waals surface area contributed by atoms with Crippen molar-refractivity contribution in [3.05, 3.63) is 77.0 Å². The van der Waals surface area contributed by atoms with E-state index in [2.05, 4.69) is 46.6 Å². The van der Waals surface area contributed by atoms with Gasteiger partial charge in [-0.3, -0.25) is 0 Å². The minimum Gasteiger partial charge on any atom is -0.463 e. The largest absolute Gasteiger partial charge is 0.463 e. The first-order valence-electron chi connectivity index (χ1n) is 9.23. The van der Waals surface area contributed by atoms with E-state index in [0.717, 1.165) is 29.8 Å². The van der Waals surface area contributed by atoms with Gasteiger partial charge >= 0.3 is 5.97 Å². The van der Waals surface area contributed by atoms with Crippen molar-refractivity contribution >= 4 is 11.7 Å². The molecule has 4 nitrogen and oxygen atoms in total. The SMILES string of the molecule is CCOC(=O)C1=C(C)N2Cc3ccccc3NC2CC1c1ccccc1. The second kappa shape index (κ2) is 6.87. The van der Waals surface area contributed by atoms with E-state index in [-0.39, 0.29) is 18.1 Å². The molecule has 0 bridgehead atoms. The number of nitrogens with zero attached hydrogens (tertiary/aromatic N) is 1. The number of ether oxygens (including phenoxy) is 1. The lowest BCUT2D eigenvalue weighted by molar-refractivity contribution is -0.139. The Morgan fingerprint density at radius 1 is 1.15 bits per heavy atom. The van der Waals surface area contributed by atoms with Gasteiger partial charge in [0.15, 0.2) is 0 Å². The Balaban J connectivity index is 1.77. The third-order valence-corrected chi connectivity index (χ3v) is 5.38. The van der Waals surface area contributed by atoms with Crippen LogP contribution in [-0.2, 0) is 16.1 Å². The Kier molecular flexibility index (Phi) is 4.41. The van der Waals surface area contributed by atoms with Gasteiger partial charge in [-0.25, -0.2) is 4.79 Å². The molecule has 0 spiro atoms. The minimum absolute atomic E-state index is 0.0364. The molecular weight excluding hydrogens is 324 g/mol. The van der Waals surface area contributed by atoms with Crippen molar-refractivity contribution in [1.82, 2.24) is 4.90 Å². The van der Waals surface area contributed by atoms with Crippen molar-refractivity contribution in [2.24, 2.45) is 0 Å². The molecular formula is C22H24N2O2. The first-order chi connectivity index (χ1) is 12.7. The van der Waals surface area contributed by atoms with Crippen molar-refractivity contribution in [2.75, 3.05) is 11.9 Å². The summed E-state index contributed by atoms with van der Waals surface area (Å²) in [6.07, 6.45) is 1.01. The number of benzene rings is 2. The lowest BCUT2D eigenvalue weighted by Crippen LogP contribution is -2.48. The summed E-state index contributed by atoms with van der Waals surface area (Å²) in [5.41, 5.74) is 5.40. The van der Waals surface area contributed by atoms with Gasteiger partial charge in [0.2, 0.25) is 0 Å². The Bertz CT molecular complexity index is 844. The fourth-order valence-corrected chi connectivity index (χ4v) is 4.12. The maximum absolute atomic E-state index is 12.8. The standard InChI is InChI=1S/C22H24N2O2/c1-3-26-22(25)21-15(2)24-14-17-11-7-8-12-19(17)23-20(24)13-18(21)16-9-5-4-6-10-16/h4-12,18,20,23H,3,13-14H2,1-2H3. The highest BCUT2D eigenvalue weighted by Crippen LogP contribution is 2.42. The fraction of sp³-hybridized carbons (Fsp3) is 0.318. The first-order valence-corrected chi connectivity index (χ1v) is 9.23. The van der Waals surface area contributed by atoms with Crippen LogP contribution in [0.15, 0.2) is 65.9 Å². The number of carbonyl (C=O) groups excluding carboxylic acids is 1. The molecule has 0 fully saturated rings. The highest BCUT2D eigenvalue weighted by atomic mass is 16.5. The number of hydrogen-bond donors (Lipinski definition) is 1. The molecule has 0 saturated carbocycles. The predicted octanol–water partition coefficient (Wildman–Crippen LogP) is 4.26. The molecule has 4 rings (SSSR count). The quantitative estimate of drug-likeness (QED) is 0.842. The van der Waals surface area contributed by atoms with Crippen molar-refractivity contribution in [2.45, 2.75) is 38.9 Å². The van der Waals surface area contributed by atoms with E-state index in [1.54, 1.807) is 0 Å². The van der Waals surface area contributed by atoms with Crippen molar-refractivity contribution in [1.29, 1.82) is 0 Å². The van der Waals surface area contributed by atoms with Crippen molar-refractivity contribution in [3.63, 3.8) is 0 Å². The minimum atomic E-state index is -0.198. The monoisotopic (exact) mass is 348 g/mol. The van der Waals surface area contributed by atoms with Crippen molar-refractivity contribution < 1.29 is 9.53 Å². The van der Waals surface area contributed by atoms with Crippen LogP contribution >= 0.6 is 0 Å². The molecule has 2 aliphatic rings. The number of nitrogens with one attached hydrogen (secondary N) is 1. The molecule has 0 saturated heterocycles. The number of esters is 1. The van der Waals surface area contributed by atoms with Crippen LogP contribution in [0.2, 0.25) is 0 Å². The van der Waals surface area contributed by atoms with E-state index in [1.165, 1.54) is 11.3 Å². The number of hydrogen-bond acceptors (Lipinski definition) is 4. The summed E-state index contributed by atoms with van der Waals surface area (Å²) in [4.78, 5) is 15.1. The van der Waals surface area contributed by atoms with E-state index in [1.807, 2.05) is 32.0 Å². The molecule has 2 aromatic carbocycles. The number of allylic oxidation sites excluding steroid dienone is 1. The maximum atomic E-state index is 12.8. The van der Waals surface area contributed by atoms with Gasteiger partial charge in [-0.2, -0.15) is 0 Å². The molecule has 2 unspecified atom stereocenters. The molecule has 4 heteroatoms. The van der Waals surface area contributed by atoms with E-state index in [4.69, 9.17) is 4.74 Å². The van der Waals surface area contributed by atoms with E-state index < -0.39 is 0 Å². The molecule has 2 aliphatic heterocycles. The predicted molar refractivity (Wildman–Crippen MR) is 103 cm³/mol. The van der Waals surface area contributed by atoms with Crippen LogP contribution < -0.4 is 5.32 Å². The van der Waals surface area contributed by atoms with Gasteiger partial charge in [-0.15, -0.1) is 0 Å². The second-order valence-corrected chi connectivity index (χ2v) is 6.86. The van der Waals surface area contributed by atoms with Gasteiger partial charge in [0.05, 0.1) is 18.3 Å². The first kappa shape index (κ1) is 16.7. The van der Waals surface area contributed by atoms with Gasteiger partial charge in [-0.1, -0.05) is 48.5 Å². The summed E-state index contributed by atoms with van der Waals surface area (Å²) < 4.78 is 5.41. The molecule has 0 amide bonds. The lowest BCUT2D eigenvalue weighted by atomic mass is 9.82. The molecule has 0 aromatic heterocycles. The van der Waals surface area contributed by atoms with Crippen molar-refractivity contribution in [3.8, 4) is 0 Å². The summed E-state index contributed by atoms with van der Waals surface area (Å²) >= 11 is 0. The van der Waals surface area contributed by atoms with Crippen LogP contribution in [0.25, 0.3) is 0 Å². The van der Waals surface area contributed by atoms with Crippen LogP contribution in [0.1, 0.15) is 37.3 Å². The highest BCUT2D eigenvalue weighted by molar-refractivity contribution is 5.91. The van der Waals surface area contributed by atoms with E-state index >= 15 is 0 Å². The third kappa shape index (κ3) is 2.85. The van der Waals surface area contributed by atoms with Crippen LogP contribution in [-0.4, -0.2) is 23.6 Å². The molecule has 2 atom stereocenters. The maximum Gasteiger partial charge on any atom is 0.336 e. The third-order valence-electron chi connectivity index (χ3n) is 5.38. The van der Waals surface area contributed by atoms with Crippen LogP contribution in [0.3, 0.4) is 0 Å². The Morgan fingerprint density at radius 2 is 1.88 bits per heavy atom. The van der Waals surface area contributed by atoms with E-state index in [9.17, 15) is 4.79 Å². The normalized spacial score (nSPS) is 21.5. The van der Waals surface area contributed by atoms with Gasteiger partial charge in [0.25, 0.3) is 0 Å². The summed E-state index contributed by atoms with van der Waals surface area (Å²) in [5.74, 6) is -0.162. The number of rotatable bonds is 3. The Morgan fingerprint density at radius 3 is 2.65 bits per heavy atom. The topological polar surface area (TPSA) is 41.6 Å². The highest BCUT2D eigenvalue weighted by Gasteiger charge is 2.39. The molecule has 2 heterocycles. The zero-order valence-electron chi connectivity index (χ0n) is 15.2. The fourth-order valence-electron chi connectivity index (χ4n) is 4.12. The number of para-hydroxylation sites is 1. The van der Waals surface area contributed by atoms with Gasteiger partial charge in [0.1, 0.15) is 0 Å². The van der Waals surface area contributed by atoms with Crippen LogP contribution in [0, 0.1) is 0 Å². The summed E-state index contributed by atoms with van der Waals surface area (Å²) in [6, 6.07) is 18.7. The van der Waals surface area contributed by atoms with Gasteiger partial charge in [-0.05, 0) is 37.5 Å². The molecule has 0 radical (unpaired) electrons. The van der Waals surface area contributed by atoms with Gasteiger partial charge in [0, 0.05) is 23.8 Å². The molecule has 2 aromatic rings. The van der Waals surface area contributed by atoms with Gasteiger partial charge < -0.3 is 15.0 Å². The number of anilines is 1. The molecule has 0 aliphatic carbocycles. The van der Waals surface area contributed by atoms with Crippen LogP contribution in [0.4, 0.5) is 5.69 Å². The zero-order chi connectivity index (χ0) is 18.1. The average Bonchev–Trinajstić information content (AvgIpc) is 2.67. The summed E-state index contributed by atoms with van der Waals surface area (Å²) in [6.45, 7) is 5.10. The summed E-state index contributed by atoms with van der Waals surface area (Å²) in [7, 11) is 0. The average molecular weight is 348 g/mol. The zero-order valence-corrected chi connectivity index (χ0v) is 15.2. The lowest BCUT2D eigenvalue weighted by Gasteiger charge is -2.46.